The third-order valence-electron chi connectivity index (χ3n) is 2.29. The summed E-state index contributed by atoms with van der Waals surface area (Å²) in [6.07, 6.45) is 0. The lowest BCUT2D eigenvalue weighted by Gasteiger charge is -2.15. The molecule has 0 bridgehead atoms. The van der Waals surface area contributed by atoms with Gasteiger partial charge in [-0.15, -0.1) is 0 Å². The van der Waals surface area contributed by atoms with Crippen molar-refractivity contribution in [2.24, 2.45) is 0 Å². The Morgan fingerprint density at radius 2 is 2.18 bits per heavy atom. The van der Waals surface area contributed by atoms with Crippen LogP contribution in [0.2, 0.25) is 0 Å². The van der Waals surface area contributed by atoms with E-state index in [0.717, 1.165) is 4.31 Å². The van der Waals surface area contributed by atoms with Crippen LogP contribution in [0.4, 0.5) is 0 Å². The topological polar surface area (TPSA) is 81.4 Å². The molecule has 0 amide bonds. The molecule has 0 atom stereocenters. The van der Waals surface area contributed by atoms with Gasteiger partial charge in [0.25, 0.3) is 0 Å². The number of aliphatic hydroxyl groups excluding tert-OH is 1. The number of nitrogens with zero attached hydrogens (tertiary/aromatic N) is 2. The van der Waals surface area contributed by atoms with E-state index >= 15 is 0 Å². The molecule has 0 fully saturated rings. The third-order valence-corrected chi connectivity index (χ3v) is 4.13. The lowest BCUT2D eigenvalue weighted by atomic mass is 10.2. The molecule has 0 unspecified atom stereocenters. The lowest BCUT2D eigenvalue weighted by molar-refractivity contribution is 0.266. The molecule has 1 rings (SSSR count). The molecule has 6 heteroatoms. The van der Waals surface area contributed by atoms with Crippen molar-refractivity contribution in [1.29, 1.82) is 5.26 Å². The number of hydrogen-bond acceptors (Lipinski definition) is 4. The average Bonchev–Trinajstić information content (AvgIpc) is 2.29. The van der Waals surface area contributed by atoms with Gasteiger partial charge in [-0.2, -0.15) is 5.26 Å². The molecule has 0 radical (unpaired) electrons. The second kappa shape index (κ2) is 5.77. The van der Waals surface area contributed by atoms with E-state index < -0.39 is 10.0 Å². The smallest absolute Gasteiger partial charge is 0.218 e. The first-order chi connectivity index (χ1) is 7.99. The molecule has 1 aromatic rings. The maximum absolute atomic E-state index is 11.8. The molecule has 0 saturated carbocycles. The number of benzene rings is 1. The zero-order chi connectivity index (χ0) is 12.9. The highest BCUT2D eigenvalue weighted by molar-refractivity contribution is 7.88. The molecule has 0 aliphatic carbocycles. The van der Waals surface area contributed by atoms with Crippen molar-refractivity contribution in [2.45, 2.75) is 5.75 Å². The summed E-state index contributed by atoms with van der Waals surface area (Å²) in [5, 5.41) is 17.4. The normalized spacial score (nSPS) is 11.4. The van der Waals surface area contributed by atoms with E-state index in [-0.39, 0.29) is 18.9 Å². The Bertz CT molecular complexity index is 520. The summed E-state index contributed by atoms with van der Waals surface area (Å²) < 4.78 is 24.7. The van der Waals surface area contributed by atoms with Gasteiger partial charge in [-0.1, -0.05) is 12.1 Å². The fraction of sp³-hybridized carbons (Fsp3) is 0.364. The van der Waals surface area contributed by atoms with E-state index in [1.807, 2.05) is 6.07 Å². The quantitative estimate of drug-likeness (QED) is 0.820. The van der Waals surface area contributed by atoms with Crippen LogP contribution in [-0.4, -0.2) is 38.0 Å². The monoisotopic (exact) mass is 254 g/mol. The van der Waals surface area contributed by atoms with Crippen LogP contribution in [-0.2, 0) is 15.8 Å². The highest BCUT2D eigenvalue weighted by Gasteiger charge is 2.17. The second-order valence-corrected chi connectivity index (χ2v) is 5.69. The first kappa shape index (κ1) is 13.6. The maximum Gasteiger partial charge on any atom is 0.218 e. The highest BCUT2D eigenvalue weighted by atomic mass is 32.2. The molecule has 0 saturated heterocycles. The SMILES string of the molecule is CN(CCO)S(=O)(=O)Cc1cccc(C#N)c1. The van der Waals surface area contributed by atoms with Gasteiger partial charge in [0.2, 0.25) is 10.0 Å². The molecule has 1 N–H and O–H groups in total. The van der Waals surface area contributed by atoms with Gasteiger partial charge in [-0.25, -0.2) is 12.7 Å². The van der Waals surface area contributed by atoms with Crippen molar-refractivity contribution in [3.63, 3.8) is 0 Å². The van der Waals surface area contributed by atoms with Gasteiger partial charge >= 0.3 is 0 Å². The van der Waals surface area contributed by atoms with Crippen molar-refractivity contribution in [2.75, 3.05) is 20.2 Å². The number of nitriles is 1. The van der Waals surface area contributed by atoms with Crippen molar-refractivity contribution < 1.29 is 13.5 Å². The van der Waals surface area contributed by atoms with E-state index in [1.54, 1.807) is 24.3 Å². The van der Waals surface area contributed by atoms with Gasteiger partial charge in [0.15, 0.2) is 0 Å². The zero-order valence-corrected chi connectivity index (χ0v) is 10.3. The Balaban J connectivity index is 2.87. The standard InChI is InChI=1S/C11H14N2O3S/c1-13(5-6-14)17(15,16)9-11-4-2-3-10(7-11)8-12/h2-4,7,14H,5-6,9H2,1H3. The minimum Gasteiger partial charge on any atom is -0.395 e. The van der Waals surface area contributed by atoms with E-state index in [9.17, 15) is 8.42 Å². The van der Waals surface area contributed by atoms with Gasteiger partial charge in [0, 0.05) is 13.6 Å². The minimum absolute atomic E-state index is 0.0697. The molecule has 17 heavy (non-hydrogen) atoms. The van der Waals surface area contributed by atoms with Crippen LogP contribution in [0.25, 0.3) is 0 Å². The van der Waals surface area contributed by atoms with E-state index in [4.69, 9.17) is 10.4 Å². The summed E-state index contributed by atoms with van der Waals surface area (Å²) in [5.74, 6) is -0.168. The molecule has 5 nitrogen and oxygen atoms in total. The zero-order valence-electron chi connectivity index (χ0n) is 9.50. The summed E-state index contributed by atoms with van der Waals surface area (Å²) in [4.78, 5) is 0. The predicted octanol–water partition coefficient (Wildman–Crippen LogP) is 0.312. The summed E-state index contributed by atoms with van der Waals surface area (Å²) in [5.41, 5.74) is 0.997. The van der Waals surface area contributed by atoms with Gasteiger partial charge in [0.1, 0.15) is 0 Å². The van der Waals surface area contributed by atoms with Crippen molar-refractivity contribution >= 4 is 10.0 Å². The minimum atomic E-state index is -3.44. The van der Waals surface area contributed by atoms with Crippen LogP contribution in [0.3, 0.4) is 0 Å². The number of hydrogen-bond donors (Lipinski definition) is 1. The molecule has 92 valence electrons. The van der Waals surface area contributed by atoms with Gasteiger partial charge in [0.05, 0.1) is 24.0 Å². The van der Waals surface area contributed by atoms with Crippen molar-refractivity contribution in [3.05, 3.63) is 35.4 Å². The predicted molar refractivity (Wildman–Crippen MR) is 63.5 cm³/mol. The molecule has 1 aromatic carbocycles. The lowest BCUT2D eigenvalue weighted by Crippen LogP contribution is -2.30. The first-order valence-corrected chi connectivity index (χ1v) is 6.64. The van der Waals surface area contributed by atoms with E-state index in [2.05, 4.69) is 0 Å². The Labute approximate surface area is 101 Å². The van der Waals surface area contributed by atoms with Crippen LogP contribution in [0.1, 0.15) is 11.1 Å². The fourth-order valence-electron chi connectivity index (χ4n) is 1.33. The largest absolute Gasteiger partial charge is 0.395 e. The second-order valence-electron chi connectivity index (χ2n) is 3.61. The van der Waals surface area contributed by atoms with Gasteiger partial charge < -0.3 is 5.11 Å². The molecular weight excluding hydrogens is 240 g/mol. The summed E-state index contributed by atoms with van der Waals surface area (Å²) in [7, 11) is -2.02. The number of aliphatic hydroxyl groups is 1. The molecule has 0 spiro atoms. The molecule has 0 heterocycles. The summed E-state index contributed by atoms with van der Waals surface area (Å²) >= 11 is 0. The first-order valence-electron chi connectivity index (χ1n) is 5.03. The van der Waals surface area contributed by atoms with Crippen LogP contribution in [0.15, 0.2) is 24.3 Å². The number of rotatable bonds is 5. The molecule has 0 aliphatic heterocycles. The fourth-order valence-corrected chi connectivity index (χ4v) is 2.51. The van der Waals surface area contributed by atoms with Gasteiger partial charge in [-0.05, 0) is 17.7 Å². The molecule has 0 aromatic heterocycles. The van der Waals surface area contributed by atoms with E-state index in [0.29, 0.717) is 11.1 Å². The van der Waals surface area contributed by atoms with E-state index in [1.165, 1.54) is 7.05 Å². The van der Waals surface area contributed by atoms with Crippen LogP contribution >= 0.6 is 0 Å². The Hall–Kier alpha value is -1.42. The van der Waals surface area contributed by atoms with Gasteiger partial charge in [-0.3, -0.25) is 0 Å². The highest BCUT2D eigenvalue weighted by Crippen LogP contribution is 2.11. The number of sulfonamides is 1. The van der Waals surface area contributed by atoms with Crippen LogP contribution in [0.5, 0.6) is 0 Å². The maximum atomic E-state index is 11.8. The molecular formula is C11H14N2O3S. The number of likely N-dealkylation sites (N-methyl/N-ethyl adjacent to an activating group) is 1. The summed E-state index contributed by atoms with van der Waals surface area (Å²) in [6, 6.07) is 8.43. The van der Waals surface area contributed by atoms with Crippen molar-refractivity contribution in [3.8, 4) is 6.07 Å². The Morgan fingerprint density at radius 1 is 1.47 bits per heavy atom. The third kappa shape index (κ3) is 3.82. The average molecular weight is 254 g/mol. The Morgan fingerprint density at radius 3 is 2.76 bits per heavy atom. The van der Waals surface area contributed by atoms with Crippen molar-refractivity contribution in [1.82, 2.24) is 4.31 Å². The van der Waals surface area contributed by atoms with Crippen LogP contribution < -0.4 is 0 Å². The summed E-state index contributed by atoms with van der Waals surface area (Å²) in [6.45, 7) is -0.145. The Kier molecular flexibility index (Phi) is 4.63. The van der Waals surface area contributed by atoms with Crippen LogP contribution in [0, 0.1) is 11.3 Å². The molecule has 0 aliphatic rings.